The molecule has 9 heteroatoms. The largest absolute Gasteiger partial charge is 0.340 e. The molecule has 1 saturated carbocycles. The maximum Gasteiger partial charge on any atom is 0.223 e. The Morgan fingerprint density at radius 1 is 1.48 bits per heavy atom. The summed E-state index contributed by atoms with van der Waals surface area (Å²) in [7, 11) is 0. The van der Waals surface area contributed by atoms with Gasteiger partial charge in [0.25, 0.3) is 0 Å². The predicted octanol–water partition coefficient (Wildman–Crippen LogP) is 3.10. The quantitative estimate of drug-likeness (QED) is 0.661. The third-order valence-corrected chi connectivity index (χ3v) is 6.03. The van der Waals surface area contributed by atoms with Crippen LogP contribution in [0.1, 0.15) is 37.4 Å². The van der Waals surface area contributed by atoms with E-state index in [-0.39, 0.29) is 5.54 Å². The van der Waals surface area contributed by atoms with E-state index in [1.54, 1.807) is 11.8 Å². The molecule has 0 unspecified atom stereocenters. The first-order valence-electron chi connectivity index (χ1n) is 6.81. The number of aromatic nitrogens is 4. The van der Waals surface area contributed by atoms with Gasteiger partial charge in [0.2, 0.25) is 5.89 Å². The van der Waals surface area contributed by atoms with Crippen molar-refractivity contribution in [1.29, 1.82) is 0 Å². The van der Waals surface area contributed by atoms with Gasteiger partial charge in [-0.15, -0.1) is 0 Å². The molecule has 0 radical (unpaired) electrons. The minimum Gasteiger partial charge on any atom is -0.340 e. The number of nitrogens with zero attached hydrogens (tertiary/aromatic N) is 4. The zero-order chi connectivity index (χ0) is 14.9. The Labute approximate surface area is 136 Å². The molecular formula is C12H17N5OS3. The van der Waals surface area contributed by atoms with Gasteiger partial charge in [0.1, 0.15) is 0 Å². The molecule has 0 bridgehead atoms. The van der Waals surface area contributed by atoms with Crippen LogP contribution < -0.4 is 5.32 Å². The van der Waals surface area contributed by atoms with Crippen molar-refractivity contribution in [2.75, 3.05) is 6.26 Å². The highest BCUT2D eigenvalue weighted by molar-refractivity contribution is 8.00. The van der Waals surface area contributed by atoms with Gasteiger partial charge < -0.3 is 4.52 Å². The third kappa shape index (κ3) is 3.05. The maximum atomic E-state index is 5.35. The lowest BCUT2D eigenvalue weighted by Crippen LogP contribution is -2.42. The number of thioether (sulfide) groups is 1. The van der Waals surface area contributed by atoms with Crippen LogP contribution in [-0.2, 0) is 12.2 Å². The van der Waals surface area contributed by atoms with Gasteiger partial charge in [0.05, 0.1) is 12.2 Å². The van der Waals surface area contributed by atoms with Crippen molar-refractivity contribution >= 4 is 35.3 Å². The summed E-state index contributed by atoms with van der Waals surface area (Å²) in [5, 5.41) is 12.2. The molecule has 3 rings (SSSR count). The Morgan fingerprint density at radius 3 is 2.81 bits per heavy atom. The monoisotopic (exact) mass is 343 g/mol. The Bertz CT molecular complexity index is 670. The van der Waals surface area contributed by atoms with Crippen molar-refractivity contribution in [1.82, 2.24) is 25.2 Å². The fourth-order valence-corrected chi connectivity index (χ4v) is 4.40. The molecule has 0 atom stereocenters. The molecule has 0 aliphatic heterocycles. The van der Waals surface area contributed by atoms with E-state index in [9.17, 15) is 0 Å². The first-order chi connectivity index (χ1) is 10.1. The van der Waals surface area contributed by atoms with E-state index in [1.807, 2.05) is 17.9 Å². The van der Waals surface area contributed by atoms with E-state index in [0.717, 1.165) is 27.0 Å². The van der Waals surface area contributed by atoms with Crippen molar-refractivity contribution in [3.63, 3.8) is 0 Å². The van der Waals surface area contributed by atoms with Crippen LogP contribution in [0.4, 0.5) is 0 Å². The van der Waals surface area contributed by atoms with E-state index < -0.39 is 0 Å². The predicted molar refractivity (Wildman–Crippen MR) is 85.0 cm³/mol. The number of hydrogen-bond donors (Lipinski definition) is 1. The Morgan fingerprint density at radius 2 is 2.24 bits per heavy atom. The standard InChI is InChI=1S/C12H17N5OS3/c1-8-14-9(16-18-8)12(5-3-4-6-12)13-7-17-11(19)21-10(15-17)20-2/h13H,3-7H2,1-2H3. The van der Waals surface area contributed by atoms with Crippen molar-refractivity contribution in [3.8, 4) is 0 Å². The maximum absolute atomic E-state index is 5.35. The highest BCUT2D eigenvalue weighted by atomic mass is 32.2. The Balaban J connectivity index is 1.80. The molecule has 1 aliphatic carbocycles. The molecule has 6 nitrogen and oxygen atoms in total. The van der Waals surface area contributed by atoms with Gasteiger partial charge in [-0.05, 0) is 31.3 Å². The minimum absolute atomic E-state index is 0.213. The van der Waals surface area contributed by atoms with Crippen molar-refractivity contribution in [2.24, 2.45) is 0 Å². The van der Waals surface area contributed by atoms with Crippen LogP contribution in [0.5, 0.6) is 0 Å². The van der Waals surface area contributed by atoms with Crippen LogP contribution in [-0.4, -0.2) is 26.2 Å². The molecule has 0 saturated heterocycles. The van der Waals surface area contributed by atoms with Crippen LogP contribution in [0.15, 0.2) is 8.86 Å². The second-order valence-corrected chi connectivity index (χ2v) is 7.77. The molecule has 2 heterocycles. The van der Waals surface area contributed by atoms with E-state index in [0.29, 0.717) is 12.6 Å². The van der Waals surface area contributed by atoms with Crippen molar-refractivity contribution < 1.29 is 4.52 Å². The Hall–Kier alpha value is -0.770. The number of hydrogen-bond acceptors (Lipinski definition) is 8. The zero-order valence-corrected chi connectivity index (χ0v) is 14.4. The lowest BCUT2D eigenvalue weighted by Gasteiger charge is -2.26. The normalized spacial score (nSPS) is 17.4. The highest BCUT2D eigenvalue weighted by Crippen LogP contribution is 2.37. The van der Waals surface area contributed by atoms with Gasteiger partial charge in [-0.1, -0.05) is 41.1 Å². The Kier molecular flexibility index (Phi) is 4.43. The van der Waals surface area contributed by atoms with Crippen LogP contribution in [0, 0.1) is 10.9 Å². The summed E-state index contributed by atoms with van der Waals surface area (Å²) >= 11 is 8.50. The van der Waals surface area contributed by atoms with E-state index >= 15 is 0 Å². The summed E-state index contributed by atoms with van der Waals surface area (Å²) < 4.78 is 8.75. The van der Waals surface area contributed by atoms with E-state index in [1.165, 1.54) is 24.2 Å². The lowest BCUT2D eigenvalue weighted by atomic mass is 9.97. The van der Waals surface area contributed by atoms with Crippen LogP contribution in [0.2, 0.25) is 0 Å². The minimum atomic E-state index is -0.213. The average molecular weight is 344 g/mol. The summed E-state index contributed by atoms with van der Waals surface area (Å²) in [6.45, 7) is 2.39. The fraction of sp³-hybridized carbons (Fsp3) is 0.667. The van der Waals surface area contributed by atoms with E-state index in [4.69, 9.17) is 16.7 Å². The van der Waals surface area contributed by atoms with Gasteiger partial charge >= 0.3 is 0 Å². The third-order valence-electron chi connectivity index (χ3n) is 3.74. The van der Waals surface area contributed by atoms with Gasteiger partial charge in [0, 0.05) is 6.92 Å². The summed E-state index contributed by atoms with van der Waals surface area (Å²) in [6, 6.07) is 0. The second-order valence-electron chi connectivity index (χ2n) is 5.10. The van der Waals surface area contributed by atoms with Crippen molar-refractivity contribution in [2.45, 2.75) is 49.2 Å². The first-order valence-corrected chi connectivity index (χ1v) is 9.26. The molecular weight excluding hydrogens is 326 g/mol. The molecule has 0 spiro atoms. The molecule has 1 aliphatic rings. The molecule has 21 heavy (non-hydrogen) atoms. The number of nitrogens with one attached hydrogen (secondary N) is 1. The molecule has 114 valence electrons. The SMILES string of the molecule is CSc1nn(CNC2(c3noc(C)n3)CCCC2)c(=S)s1. The highest BCUT2D eigenvalue weighted by Gasteiger charge is 2.39. The lowest BCUT2D eigenvalue weighted by molar-refractivity contribution is 0.269. The number of rotatable bonds is 5. The zero-order valence-electron chi connectivity index (χ0n) is 12.0. The second kappa shape index (κ2) is 6.15. The van der Waals surface area contributed by atoms with Gasteiger partial charge in [0.15, 0.2) is 14.1 Å². The van der Waals surface area contributed by atoms with Crippen LogP contribution in [0.3, 0.4) is 0 Å². The smallest absolute Gasteiger partial charge is 0.223 e. The van der Waals surface area contributed by atoms with Gasteiger partial charge in [-0.3, -0.25) is 5.32 Å². The first kappa shape index (κ1) is 15.1. The molecule has 0 amide bonds. The number of aryl methyl sites for hydroxylation is 1. The van der Waals surface area contributed by atoms with Gasteiger partial charge in [-0.25, -0.2) is 4.68 Å². The molecule has 2 aromatic heterocycles. The van der Waals surface area contributed by atoms with Gasteiger partial charge in [-0.2, -0.15) is 10.1 Å². The summed E-state index contributed by atoms with van der Waals surface area (Å²) in [4.78, 5) is 4.42. The molecule has 2 aromatic rings. The molecule has 0 aromatic carbocycles. The average Bonchev–Trinajstić information content (AvgIpc) is 3.17. The molecule has 1 fully saturated rings. The summed E-state index contributed by atoms with van der Waals surface area (Å²) in [6.07, 6.45) is 6.36. The fourth-order valence-electron chi connectivity index (χ4n) is 2.65. The topological polar surface area (TPSA) is 68.8 Å². The van der Waals surface area contributed by atoms with Crippen molar-refractivity contribution in [3.05, 3.63) is 15.7 Å². The van der Waals surface area contributed by atoms with Crippen LogP contribution in [0.25, 0.3) is 0 Å². The summed E-state index contributed by atoms with van der Waals surface area (Å²) in [5.41, 5.74) is -0.213. The summed E-state index contributed by atoms with van der Waals surface area (Å²) in [5.74, 6) is 1.36. The van der Waals surface area contributed by atoms with E-state index in [2.05, 4.69) is 20.6 Å². The van der Waals surface area contributed by atoms with Crippen LogP contribution >= 0.6 is 35.3 Å². The molecule has 1 N–H and O–H groups in total.